The summed E-state index contributed by atoms with van der Waals surface area (Å²) in [7, 11) is 0. The van der Waals surface area contributed by atoms with Crippen LogP contribution in [0.25, 0.3) is 0 Å². The highest BCUT2D eigenvalue weighted by atomic mass is 16.5. The Kier molecular flexibility index (Phi) is 4.57. The SMILES string of the molecule is CC(C)(C)CC1O[C@@H](N2CCCNC2=O)C[C@H]1C(C)(C)C. The van der Waals surface area contributed by atoms with E-state index < -0.39 is 0 Å². The Morgan fingerprint density at radius 2 is 1.90 bits per heavy atom. The highest BCUT2D eigenvalue weighted by molar-refractivity contribution is 5.75. The second-order valence-electron chi connectivity index (χ2n) is 8.88. The molecule has 2 rings (SSSR count). The fourth-order valence-electron chi connectivity index (χ4n) is 3.55. The fourth-order valence-corrected chi connectivity index (χ4v) is 3.55. The molecule has 0 aliphatic carbocycles. The van der Waals surface area contributed by atoms with E-state index in [4.69, 9.17) is 4.74 Å². The standard InChI is InChI=1S/C17H32N2O2/c1-16(2,3)11-13-12(17(4,5)6)10-14(21-13)19-9-7-8-18-15(19)20/h12-14H,7-11H2,1-6H3,(H,18,20)/t12-,13?,14-/m1/s1. The van der Waals surface area contributed by atoms with Crippen molar-refractivity contribution >= 4 is 6.03 Å². The summed E-state index contributed by atoms with van der Waals surface area (Å²) in [4.78, 5) is 14.0. The van der Waals surface area contributed by atoms with E-state index in [-0.39, 0.29) is 29.2 Å². The molecule has 2 saturated heterocycles. The number of hydrogen-bond donors (Lipinski definition) is 1. The number of nitrogens with one attached hydrogen (secondary N) is 1. The lowest BCUT2D eigenvalue weighted by Crippen LogP contribution is -2.51. The molecule has 0 spiro atoms. The molecule has 2 fully saturated rings. The number of urea groups is 1. The molecule has 21 heavy (non-hydrogen) atoms. The fraction of sp³-hybridized carbons (Fsp3) is 0.941. The molecule has 122 valence electrons. The summed E-state index contributed by atoms with van der Waals surface area (Å²) >= 11 is 0. The van der Waals surface area contributed by atoms with Gasteiger partial charge < -0.3 is 10.1 Å². The molecule has 0 radical (unpaired) electrons. The zero-order chi connectivity index (χ0) is 15.8. The molecule has 1 unspecified atom stereocenters. The molecule has 0 aromatic heterocycles. The lowest BCUT2D eigenvalue weighted by Gasteiger charge is -2.34. The van der Waals surface area contributed by atoms with Gasteiger partial charge in [-0.25, -0.2) is 4.79 Å². The highest BCUT2D eigenvalue weighted by Gasteiger charge is 2.46. The quantitative estimate of drug-likeness (QED) is 0.845. The third-order valence-corrected chi connectivity index (χ3v) is 4.62. The van der Waals surface area contributed by atoms with Crippen molar-refractivity contribution in [1.29, 1.82) is 0 Å². The molecule has 0 aromatic carbocycles. The Morgan fingerprint density at radius 3 is 2.43 bits per heavy atom. The largest absolute Gasteiger partial charge is 0.355 e. The van der Waals surface area contributed by atoms with Gasteiger partial charge in [-0.3, -0.25) is 4.90 Å². The summed E-state index contributed by atoms with van der Waals surface area (Å²) in [6.45, 7) is 15.2. The molecular weight excluding hydrogens is 264 g/mol. The minimum absolute atomic E-state index is 0.0373. The van der Waals surface area contributed by atoms with Crippen LogP contribution < -0.4 is 5.32 Å². The Morgan fingerprint density at radius 1 is 1.24 bits per heavy atom. The smallest absolute Gasteiger partial charge is 0.319 e. The van der Waals surface area contributed by atoms with Crippen LogP contribution in [0.15, 0.2) is 0 Å². The van der Waals surface area contributed by atoms with Crippen molar-refractivity contribution in [3.63, 3.8) is 0 Å². The monoisotopic (exact) mass is 296 g/mol. The molecule has 4 nitrogen and oxygen atoms in total. The van der Waals surface area contributed by atoms with Gasteiger partial charge in [-0.2, -0.15) is 0 Å². The molecular formula is C17H32N2O2. The van der Waals surface area contributed by atoms with Gasteiger partial charge in [-0.05, 0) is 36.0 Å². The highest BCUT2D eigenvalue weighted by Crippen LogP contribution is 2.44. The van der Waals surface area contributed by atoms with Gasteiger partial charge in [-0.1, -0.05) is 41.5 Å². The number of nitrogens with zero attached hydrogens (tertiary/aromatic N) is 1. The van der Waals surface area contributed by atoms with Crippen molar-refractivity contribution in [2.24, 2.45) is 16.7 Å². The van der Waals surface area contributed by atoms with Crippen LogP contribution in [0.3, 0.4) is 0 Å². The van der Waals surface area contributed by atoms with E-state index in [0.717, 1.165) is 32.4 Å². The van der Waals surface area contributed by atoms with Crippen molar-refractivity contribution in [2.75, 3.05) is 13.1 Å². The van der Waals surface area contributed by atoms with Crippen molar-refractivity contribution in [1.82, 2.24) is 10.2 Å². The first-order valence-electron chi connectivity index (χ1n) is 8.28. The summed E-state index contributed by atoms with van der Waals surface area (Å²) < 4.78 is 6.35. The number of hydrogen-bond acceptors (Lipinski definition) is 2. The first-order chi connectivity index (χ1) is 9.58. The molecule has 3 atom stereocenters. The van der Waals surface area contributed by atoms with Gasteiger partial charge in [0.05, 0.1) is 6.10 Å². The van der Waals surface area contributed by atoms with Gasteiger partial charge in [0, 0.05) is 13.1 Å². The van der Waals surface area contributed by atoms with E-state index in [0.29, 0.717) is 5.92 Å². The van der Waals surface area contributed by atoms with Crippen molar-refractivity contribution in [3.8, 4) is 0 Å². The van der Waals surface area contributed by atoms with Gasteiger partial charge >= 0.3 is 6.03 Å². The molecule has 4 heteroatoms. The van der Waals surface area contributed by atoms with Gasteiger partial charge in [0.25, 0.3) is 0 Å². The maximum Gasteiger partial charge on any atom is 0.319 e. The second kappa shape index (κ2) is 5.79. The summed E-state index contributed by atoms with van der Waals surface area (Å²) in [6.07, 6.45) is 3.19. The summed E-state index contributed by atoms with van der Waals surface area (Å²) in [5, 5.41) is 2.93. The van der Waals surface area contributed by atoms with E-state index in [1.165, 1.54) is 0 Å². The van der Waals surface area contributed by atoms with E-state index >= 15 is 0 Å². The van der Waals surface area contributed by atoms with Crippen LogP contribution in [0.2, 0.25) is 0 Å². The second-order valence-corrected chi connectivity index (χ2v) is 8.88. The van der Waals surface area contributed by atoms with Gasteiger partial charge in [0.2, 0.25) is 0 Å². The summed E-state index contributed by atoms with van der Waals surface area (Å²) in [6, 6.07) is 0.0373. The molecule has 2 aliphatic heterocycles. The zero-order valence-corrected chi connectivity index (χ0v) is 14.5. The van der Waals surface area contributed by atoms with Gasteiger partial charge in [-0.15, -0.1) is 0 Å². The molecule has 2 amide bonds. The predicted octanol–water partition coefficient (Wildman–Crippen LogP) is 3.62. The minimum atomic E-state index is -0.0538. The average molecular weight is 296 g/mol. The molecule has 0 saturated carbocycles. The maximum atomic E-state index is 12.1. The minimum Gasteiger partial charge on any atom is -0.355 e. The Bertz CT molecular complexity index is 381. The van der Waals surface area contributed by atoms with Crippen LogP contribution in [0, 0.1) is 16.7 Å². The van der Waals surface area contributed by atoms with Crippen LogP contribution in [-0.4, -0.2) is 36.4 Å². The third-order valence-electron chi connectivity index (χ3n) is 4.62. The molecule has 0 bridgehead atoms. The Labute approximate surface area is 129 Å². The first-order valence-corrected chi connectivity index (χ1v) is 8.28. The van der Waals surface area contributed by atoms with Gasteiger partial charge in [0.15, 0.2) is 0 Å². The molecule has 1 N–H and O–H groups in total. The normalized spacial score (nSPS) is 31.4. The van der Waals surface area contributed by atoms with E-state index in [1.807, 2.05) is 4.90 Å². The van der Waals surface area contributed by atoms with Crippen LogP contribution in [-0.2, 0) is 4.74 Å². The van der Waals surface area contributed by atoms with Crippen LogP contribution in [0.1, 0.15) is 60.8 Å². The number of carbonyl (C=O) groups is 1. The average Bonchev–Trinajstić information content (AvgIpc) is 2.70. The molecule has 0 aromatic rings. The number of rotatable bonds is 2. The third kappa shape index (κ3) is 4.12. The van der Waals surface area contributed by atoms with Crippen molar-refractivity contribution < 1.29 is 9.53 Å². The Hall–Kier alpha value is -0.770. The van der Waals surface area contributed by atoms with E-state index in [9.17, 15) is 4.79 Å². The lowest BCUT2D eigenvalue weighted by atomic mass is 9.73. The number of carbonyl (C=O) groups excluding carboxylic acids is 1. The zero-order valence-electron chi connectivity index (χ0n) is 14.5. The predicted molar refractivity (Wildman–Crippen MR) is 85.0 cm³/mol. The van der Waals surface area contributed by atoms with Crippen molar-refractivity contribution in [3.05, 3.63) is 0 Å². The van der Waals surface area contributed by atoms with Crippen LogP contribution in [0.4, 0.5) is 4.79 Å². The van der Waals surface area contributed by atoms with Gasteiger partial charge in [0.1, 0.15) is 6.23 Å². The van der Waals surface area contributed by atoms with E-state index in [2.05, 4.69) is 46.9 Å². The van der Waals surface area contributed by atoms with Crippen LogP contribution >= 0.6 is 0 Å². The summed E-state index contributed by atoms with van der Waals surface area (Å²) in [5.74, 6) is 0.497. The first kappa shape index (κ1) is 16.6. The molecule has 2 heterocycles. The topological polar surface area (TPSA) is 41.6 Å². The number of ether oxygens (including phenoxy) is 1. The lowest BCUT2D eigenvalue weighted by molar-refractivity contribution is -0.0583. The maximum absolute atomic E-state index is 12.1. The Balaban J connectivity index is 2.11. The molecule has 2 aliphatic rings. The van der Waals surface area contributed by atoms with Crippen LogP contribution in [0.5, 0.6) is 0 Å². The van der Waals surface area contributed by atoms with Crippen molar-refractivity contribution in [2.45, 2.75) is 73.1 Å². The number of amides is 2. The summed E-state index contributed by atoms with van der Waals surface area (Å²) in [5.41, 5.74) is 0.449. The van der Waals surface area contributed by atoms with E-state index in [1.54, 1.807) is 0 Å².